The van der Waals surface area contributed by atoms with Crippen molar-refractivity contribution in [2.45, 2.75) is 13.0 Å². The number of methoxy groups -OCH3 is 1. The van der Waals surface area contributed by atoms with Crippen LogP contribution in [0.15, 0.2) is 30.5 Å². The van der Waals surface area contributed by atoms with Crippen LogP contribution in [-0.4, -0.2) is 23.2 Å². The first-order valence-electron chi connectivity index (χ1n) is 5.59. The van der Waals surface area contributed by atoms with Gasteiger partial charge in [0.25, 0.3) is 0 Å². The molecule has 0 amide bonds. The maximum absolute atomic E-state index is 10.6. The zero-order chi connectivity index (χ0) is 13.7. The molecule has 0 saturated carbocycles. The van der Waals surface area contributed by atoms with Crippen molar-refractivity contribution in [3.63, 3.8) is 0 Å². The molecule has 0 saturated heterocycles. The summed E-state index contributed by atoms with van der Waals surface area (Å²) < 4.78 is 10.6. The second-order valence-electron chi connectivity index (χ2n) is 3.76. The molecule has 0 radical (unpaired) electrons. The fourth-order valence-electron chi connectivity index (χ4n) is 1.46. The molecule has 2 rings (SSSR count). The summed E-state index contributed by atoms with van der Waals surface area (Å²) in [6.07, 6.45) is 1.58. The largest absolute Gasteiger partial charge is 0.497 e. The SMILES string of the molecule is COc1ccc(OCc2ncc(CC(=O)O)s2)cc1. The molecule has 1 aromatic heterocycles. The van der Waals surface area contributed by atoms with E-state index in [-0.39, 0.29) is 6.42 Å². The second kappa shape index (κ2) is 6.19. The summed E-state index contributed by atoms with van der Waals surface area (Å²) in [5.41, 5.74) is 0. The van der Waals surface area contributed by atoms with Crippen LogP contribution >= 0.6 is 11.3 Å². The maximum Gasteiger partial charge on any atom is 0.308 e. The average molecular weight is 279 g/mol. The molecule has 1 heterocycles. The van der Waals surface area contributed by atoms with Crippen LogP contribution in [0.25, 0.3) is 0 Å². The number of hydrogen-bond donors (Lipinski definition) is 1. The van der Waals surface area contributed by atoms with Crippen molar-refractivity contribution in [1.82, 2.24) is 4.98 Å². The third-order valence-electron chi connectivity index (χ3n) is 2.35. The number of carbonyl (C=O) groups is 1. The van der Waals surface area contributed by atoms with Gasteiger partial charge in [0.15, 0.2) is 0 Å². The van der Waals surface area contributed by atoms with Gasteiger partial charge in [0.05, 0.1) is 13.5 Å². The molecular weight excluding hydrogens is 266 g/mol. The molecule has 0 aliphatic carbocycles. The molecule has 1 N–H and O–H groups in total. The zero-order valence-electron chi connectivity index (χ0n) is 10.3. The molecule has 0 unspecified atom stereocenters. The number of thiazole rings is 1. The first-order chi connectivity index (χ1) is 9.17. The Bertz CT molecular complexity index is 550. The van der Waals surface area contributed by atoms with E-state index in [1.807, 2.05) is 24.3 Å². The lowest BCUT2D eigenvalue weighted by atomic mass is 10.3. The molecule has 0 spiro atoms. The minimum Gasteiger partial charge on any atom is -0.497 e. The van der Waals surface area contributed by atoms with Gasteiger partial charge in [0, 0.05) is 11.1 Å². The minimum absolute atomic E-state index is 0.000201. The molecule has 5 nitrogen and oxygen atoms in total. The van der Waals surface area contributed by atoms with Crippen LogP contribution in [0.1, 0.15) is 9.88 Å². The molecule has 19 heavy (non-hydrogen) atoms. The third kappa shape index (κ3) is 3.96. The number of rotatable bonds is 6. The van der Waals surface area contributed by atoms with E-state index in [9.17, 15) is 4.79 Å². The number of nitrogens with zero attached hydrogens (tertiary/aromatic N) is 1. The highest BCUT2D eigenvalue weighted by Crippen LogP contribution is 2.20. The standard InChI is InChI=1S/C13H13NO4S/c1-17-9-2-4-10(5-3-9)18-8-12-14-7-11(19-12)6-13(15)16/h2-5,7H,6,8H2,1H3,(H,15,16). The van der Waals surface area contributed by atoms with Crippen molar-refractivity contribution in [3.8, 4) is 11.5 Å². The summed E-state index contributed by atoms with van der Waals surface area (Å²) in [6, 6.07) is 7.25. The summed E-state index contributed by atoms with van der Waals surface area (Å²) in [4.78, 5) is 15.4. The molecule has 1 aromatic carbocycles. The fourth-order valence-corrected chi connectivity index (χ4v) is 2.29. The molecule has 0 fully saturated rings. The smallest absolute Gasteiger partial charge is 0.308 e. The van der Waals surface area contributed by atoms with E-state index in [0.29, 0.717) is 6.61 Å². The molecule has 0 bridgehead atoms. The Kier molecular flexibility index (Phi) is 4.35. The normalized spacial score (nSPS) is 10.2. The predicted octanol–water partition coefficient (Wildman–Crippen LogP) is 2.36. The maximum atomic E-state index is 10.6. The topological polar surface area (TPSA) is 68.7 Å². The van der Waals surface area contributed by atoms with Gasteiger partial charge in [-0.1, -0.05) is 0 Å². The van der Waals surface area contributed by atoms with E-state index < -0.39 is 5.97 Å². The number of aliphatic carboxylic acids is 1. The Morgan fingerprint density at radius 3 is 2.63 bits per heavy atom. The zero-order valence-corrected chi connectivity index (χ0v) is 11.1. The number of aromatic nitrogens is 1. The van der Waals surface area contributed by atoms with E-state index in [0.717, 1.165) is 21.4 Å². The number of benzene rings is 1. The van der Waals surface area contributed by atoms with Gasteiger partial charge in [-0.2, -0.15) is 0 Å². The number of ether oxygens (including phenoxy) is 2. The molecule has 100 valence electrons. The Hall–Kier alpha value is -2.08. The van der Waals surface area contributed by atoms with Crippen LogP contribution in [-0.2, 0) is 17.8 Å². The van der Waals surface area contributed by atoms with Crippen molar-refractivity contribution >= 4 is 17.3 Å². The van der Waals surface area contributed by atoms with Crippen LogP contribution < -0.4 is 9.47 Å². The monoisotopic (exact) mass is 279 g/mol. The molecule has 6 heteroatoms. The van der Waals surface area contributed by atoms with Crippen molar-refractivity contribution in [2.75, 3.05) is 7.11 Å². The fraction of sp³-hybridized carbons (Fsp3) is 0.231. The minimum atomic E-state index is -0.855. The van der Waals surface area contributed by atoms with Gasteiger partial charge in [0.1, 0.15) is 23.1 Å². The quantitative estimate of drug-likeness (QED) is 0.879. The van der Waals surface area contributed by atoms with Crippen LogP contribution in [0.5, 0.6) is 11.5 Å². The van der Waals surface area contributed by atoms with Crippen LogP contribution in [0.4, 0.5) is 0 Å². The number of carboxylic acids is 1. The third-order valence-corrected chi connectivity index (χ3v) is 3.32. The van der Waals surface area contributed by atoms with Gasteiger partial charge in [-0.3, -0.25) is 4.79 Å². The highest BCUT2D eigenvalue weighted by molar-refractivity contribution is 7.11. The molecule has 0 atom stereocenters. The van der Waals surface area contributed by atoms with Gasteiger partial charge < -0.3 is 14.6 Å². The van der Waals surface area contributed by atoms with E-state index in [1.165, 1.54) is 11.3 Å². The van der Waals surface area contributed by atoms with E-state index in [4.69, 9.17) is 14.6 Å². The van der Waals surface area contributed by atoms with E-state index in [2.05, 4.69) is 4.98 Å². The van der Waals surface area contributed by atoms with Gasteiger partial charge in [-0.25, -0.2) is 4.98 Å². The van der Waals surface area contributed by atoms with Crippen molar-refractivity contribution in [3.05, 3.63) is 40.3 Å². The Morgan fingerprint density at radius 2 is 2.00 bits per heavy atom. The molecular formula is C13H13NO4S. The van der Waals surface area contributed by atoms with Crippen LogP contribution in [0.2, 0.25) is 0 Å². The average Bonchev–Trinajstić information content (AvgIpc) is 2.84. The first kappa shape index (κ1) is 13.4. The van der Waals surface area contributed by atoms with Crippen molar-refractivity contribution in [1.29, 1.82) is 0 Å². The summed E-state index contributed by atoms with van der Waals surface area (Å²) in [6.45, 7) is 0.330. The summed E-state index contributed by atoms with van der Waals surface area (Å²) in [5, 5.41) is 9.43. The lowest BCUT2D eigenvalue weighted by Crippen LogP contribution is -1.97. The Balaban J connectivity index is 1.90. The molecule has 0 aliphatic heterocycles. The Morgan fingerprint density at radius 1 is 1.32 bits per heavy atom. The highest BCUT2D eigenvalue weighted by atomic mass is 32.1. The van der Waals surface area contributed by atoms with Gasteiger partial charge in [-0.15, -0.1) is 11.3 Å². The number of hydrogen-bond acceptors (Lipinski definition) is 5. The van der Waals surface area contributed by atoms with Crippen molar-refractivity contribution < 1.29 is 19.4 Å². The highest BCUT2D eigenvalue weighted by Gasteiger charge is 2.06. The van der Waals surface area contributed by atoms with Gasteiger partial charge in [0.2, 0.25) is 0 Å². The van der Waals surface area contributed by atoms with E-state index in [1.54, 1.807) is 13.3 Å². The second-order valence-corrected chi connectivity index (χ2v) is 4.95. The summed E-state index contributed by atoms with van der Waals surface area (Å²) in [7, 11) is 1.61. The van der Waals surface area contributed by atoms with Crippen LogP contribution in [0, 0.1) is 0 Å². The van der Waals surface area contributed by atoms with Gasteiger partial charge in [-0.05, 0) is 24.3 Å². The van der Waals surface area contributed by atoms with Crippen LogP contribution in [0.3, 0.4) is 0 Å². The van der Waals surface area contributed by atoms with Gasteiger partial charge >= 0.3 is 5.97 Å². The molecule has 0 aliphatic rings. The van der Waals surface area contributed by atoms with E-state index >= 15 is 0 Å². The van der Waals surface area contributed by atoms with Crippen molar-refractivity contribution in [2.24, 2.45) is 0 Å². The summed E-state index contributed by atoms with van der Waals surface area (Å²) >= 11 is 1.35. The summed E-state index contributed by atoms with van der Waals surface area (Å²) in [5.74, 6) is 0.632. The predicted molar refractivity (Wildman–Crippen MR) is 70.8 cm³/mol. The lowest BCUT2D eigenvalue weighted by molar-refractivity contribution is -0.136. The number of carboxylic acid groups (broad SMARTS) is 1. The first-order valence-corrected chi connectivity index (χ1v) is 6.41. The Labute approximate surface area is 114 Å². The molecule has 2 aromatic rings. The lowest BCUT2D eigenvalue weighted by Gasteiger charge is -2.04.